The van der Waals surface area contributed by atoms with E-state index in [0.29, 0.717) is 12.5 Å². The van der Waals surface area contributed by atoms with Gasteiger partial charge in [0.1, 0.15) is 0 Å². The summed E-state index contributed by atoms with van der Waals surface area (Å²) in [5.41, 5.74) is 7.38. The van der Waals surface area contributed by atoms with Crippen LogP contribution in [0.25, 0.3) is 0 Å². The Kier molecular flexibility index (Phi) is 9.18. The van der Waals surface area contributed by atoms with E-state index in [1.165, 1.54) is 15.9 Å². The quantitative estimate of drug-likeness (QED) is 0.383. The summed E-state index contributed by atoms with van der Waals surface area (Å²) in [5, 5.41) is 2.67. The molecule has 3 rings (SSSR count). The maximum atomic E-state index is 7.15. The minimum Gasteiger partial charge on any atom is -0.407 e. The predicted molar refractivity (Wildman–Crippen MR) is 143 cm³/mol. The Morgan fingerprint density at radius 2 is 1.31 bits per heavy atom. The molecule has 0 amide bonds. The van der Waals surface area contributed by atoms with E-state index in [9.17, 15) is 0 Å². The van der Waals surface area contributed by atoms with Crippen molar-refractivity contribution in [3.05, 3.63) is 96.6 Å². The van der Waals surface area contributed by atoms with Crippen molar-refractivity contribution in [1.82, 2.24) is 0 Å². The van der Waals surface area contributed by atoms with E-state index in [0.717, 1.165) is 24.5 Å². The Bertz CT molecular complexity index is 873. The zero-order valence-electron chi connectivity index (χ0n) is 19.7. The second kappa shape index (κ2) is 11.8. The third kappa shape index (κ3) is 6.14. The van der Waals surface area contributed by atoms with Gasteiger partial charge in [-0.25, -0.2) is 0 Å². The van der Waals surface area contributed by atoms with Gasteiger partial charge in [0.25, 0.3) is 8.32 Å². The molecule has 3 aromatic carbocycles. The summed E-state index contributed by atoms with van der Waals surface area (Å²) < 4.78 is 7.15. The number of thioether (sulfide) groups is 1. The molecule has 1 atom stereocenters. The second-order valence-corrected chi connectivity index (χ2v) is 14.8. The molecule has 0 aromatic heterocycles. The number of benzene rings is 3. The van der Waals surface area contributed by atoms with E-state index in [1.807, 2.05) is 11.8 Å². The lowest BCUT2D eigenvalue weighted by Gasteiger charge is -2.43. The van der Waals surface area contributed by atoms with Gasteiger partial charge in [-0.2, -0.15) is 11.8 Å². The Hall–Kier alpha value is -1.85. The predicted octanol–water partition coefficient (Wildman–Crippen LogP) is 5.46. The summed E-state index contributed by atoms with van der Waals surface area (Å²) in [6.45, 7) is 8.44. The van der Waals surface area contributed by atoms with Crippen molar-refractivity contribution < 1.29 is 4.43 Å². The summed E-state index contributed by atoms with van der Waals surface area (Å²) in [4.78, 5) is 0. The zero-order valence-corrected chi connectivity index (χ0v) is 21.5. The molecule has 0 spiro atoms. The van der Waals surface area contributed by atoms with Crippen LogP contribution < -0.4 is 16.1 Å². The largest absolute Gasteiger partial charge is 0.407 e. The van der Waals surface area contributed by atoms with Crippen molar-refractivity contribution in [2.24, 2.45) is 11.7 Å². The van der Waals surface area contributed by atoms with Gasteiger partial charge >= 0.3 is 0 Å². The molecule has 32 heavy (non-hydrogen) atoms. The Morgan fingerprint density at radius 3 is 1.78 bits per heavy atom. The van der Waals surface area contributed by atoms with Gasteiger partial charge < -0.3 is 10.2 Å². The number of hydrogen-bond donors (Lipinski definition) is 1. The number of hydrogen-bond acceptors (Lipinski definition) is 3. The molecular formula is C28H37NOSSi. The van der Waals surface area contributed by atoms with Gasteiger partial charge in [0, 0.05) is 12.4 Å². The molecule has 0 aliphatic heterocycles. The first-order valence-corrected chi connectivity index (χ1v) is 14.6. The first-order chi connectivity index (χ1) is 15.5. The average molecular weight is 464 g/mol. The molecule has 2 N–H and O–H groups in total. The van der Waals surface area contributed by atoms with Crippen molar-refractivity contribution >= 4 is 30.5 Å². The topological polar surface area (TPSA) is 35.2 Å². The summed E-state index contributed by atoms with van der Waals surface area (Å²) in [6.07, 6.45) is 0.986. The van der Waals surface area contributed by atoms with Crippen LogP contribution in [0.5, 0.6) is 0 Å². The third-order valence-corrected chi connectivity index (χ3v) is 12.2. The normalized spacial score (nSPS) is 13.1. The highest BCUT2D eigenvalue weighted by Crippen LogP contribution is 2.37. The van der Waals surface area contributed by atoms with Crippen LogP contribution in [0.15, 0.2) is 91.0 Å². The molecule has 0 aliphatic carbocycles. The summed E-state index contributed by atoms with van der Waals surface area (Å²) in [6, 6.07) is 32.5. The fraction of sp³-hybridized carbons (Fsp3) is 0.357. The lowest BCUT2D eigenvalue weighted by atomic mass is 10.1. The van der Waals surface area contributed by atoms with Gasteiger partial charge in [-0.15, -0.1) is 0 Å². The van der Waals surface area contributed by atoms with Crippen LogP contribution in [0.3, 0.4) is 0 Å². The fourth-order valence-electron chi connectivity index (χ4n) is 4.37. The number of nitrogens with two attached hydrogens (primary N) is 1. The summed E-state index contributed by atoms with van der Waals surface area (Å²) >= 11 is 1.98. The van der Waals surface area contributed by atoms with Gasteiger partial charge in [-0.1, -0.05) is 112 Å². The molecule has 0 bridgehead atoms. The Morgan fingerprint density at radius 1 is 0.812 bits per heavy atom. The van der Waals surface area contributed by atoms with Crippen molar-refractivity contribution in [3.8, 4) is 0 Å². The molecule has 0 radical (unpaired) electrons. The SMILES string of the molecule is CC(C)(C)[Si](OCC(CCN)CSCc1ccccc1)(c1ccccc1)c1ccccc1. The van der Waals surface area contributed by atoms with Gasteiger partial charge in [-0.05, 0) is 45.6 Å². The van der Waals surface area contributed by atoms with E-state index < -0.39 is 8.32 Å². The maximum absolute atomic E-state index is 7.15. The van der Waals surface area contributed by atoms with Gasteiger partial charge in [0.15, 0.2) is 0 Å². The maximum Gasteiger partial charge on any atom is 0.261 e. The molecule has 4 heteroatoms. The van der Waals surface area contributed by atoms with E-state index in [-0.39, 0.29) is 5.04 Å². The third-order valence-electron chi connectivity index (χ3n) is 5.99. The monoisotopic (exact) mass is 463 g/mol. The first kappa shape index (κ1) is 24.8. The molecule has 0 saturated heterocycles. The molecular weight excluding hydrogens is 426 g/mol. The summed E-state index contributed by atoms with van der Waals surface area (Å²) in [7, 11) is -2.49. The minimum absolute atomic E-state index is 0.000152. The smallest absolute Gasteiger partial charge is 0.261 e. The molecule has 0 saturated carbocycles. The molecule has 170 valence electrons. The molecule has 0 fully saturated rings. The van der Waals surface area contributed by atoms with Crippen molar-refractivity contribution in [3.63, 3.8) is 0 Å². The molecule has 2 nitrogen and oxygen atoms in total. The van der Waals surface area contributed by atoms with Crippen LogP contribution in [0.1, 0.15) is 32.8 Å². The standard InChI is InChI=1S/C28H37NOSSi/c1-28(2,3)32(26-15-9-5-10-16-26,27-17-11-6-12-18-27)30-21-25(19-20-29)23-31-22-24-13-7-4-8-14-24/h4-18,25H,19-23,29H2,1-3H3. The van der Waals surface area contributed by atoms with Gasteiger partial charge in [0.2, 0.25) is 0 Å². The van der Waals surface area contributed by atoms with Crippen LogP contribution in [-0.2, 0) is 10.2 Å². The van der Waals surface area contributed by atoms with Crippen molar-refractivity contribution in [2.45, 2.75) is 38.0 Å². The van der Waals surface area contributed by atoms with Gasteiger partial charge in [-0.3, -0.25) is 0 Å². The van der Waals surface area contributed by atoms with E-state index in [1.54, 1.807) is 0 Å². The van der Waals surface area contributed by atoms with Crippen LogP contribution in [0.4, 0.5) is 0 Å². The zero-order chi connectivity index (χ0) is 22.9. The summed E-state index contributed by atoms with van der Waals surface area (Å²) in [5.74, 6) is 2.53. The fourth-order valence-corrected chi connectivity index (χ4v) is 10.2. The van der Waals surface area contributed by atoms with Crippen molar-refractivity contribution in [2.75, 3.05) is 18.9 Å². The van der Waals surface area contributed by atoms with Crippen LogP contribution in [-0.4, -0.2) is 27.2 Å². The van der Waals surface area contributed by atoms with Crippen LogP contribution in [0.2, 0.25) is 5.04 Å². The highest BCUT2D eigenvalue weighted by atomic mass is 32.2. The average Bonchev–Trinajstić information content (AvgIpc) is 2.80. The second-order valence-electron chi connectivity index (χ2n) is 9.42. The van der Waals surface area contributed by atoms with Crippen LogP contribution >= 0.6 is 11.8 Å². The lowest BCUT2D eigenvalue weighted by molar-refractivity contribution is 0.242. The molecule has 0 heterocycles. The Labute approximate surface area is 199 Å². The molecule has 1 unspecified atom stereocenters. The highest BCUT2D eigenvalue weighted by Gasteiger charge is 2.50. The molecule has 3 aromatic rings. The Balaban J connectivity index is 1.83. The van der Waals surface area contributed by atoms with E-state index in [2.05, 4.69) is 112 Å². The van der Waals surface area contributed by atoms with E-state index >= 15 is 0 Å². The molecule has 0 aliphatic rings. The minimum atomic E-state index is -2.49. The van der Waals surface area contributed by atoms with Crippen LogP contribution in [0, 0.1) is 5.92 Å². The highest BCUT2D eigenvalue weighted by molar-refractivity contribution is 7.98. The van der Waals surface area contributed by atoms with Crippen molar-refractivity contribution in [1.29, 1.82) is 0 Å². The van der Waals surface area contributed by atoms with E-state index in [4.69, 9.17) is 10.2 Å². The van der Waals surface area contributed by atoms with Gasteiger partial charge in [0.05, 0.1) is 0 Å². The lowest BCUT2D eigenvalue weighted by Crippen LogP contribution is -2.67. The first-order valence-electron chi connectivity index (χ1n) is 11.5. The number of rotatable bonds is 11.